The van der Waals surface area contributed by atoms with Crippen molar-refractivity contribution in [1.82, 2.24) is 0 Å². The minimum Gasteiger partial charge on any atom is -0.393 e. The van der Waals surface area contributed by atoms with E-state index in [2.05, 4.69) is 30.3 Å². The highest BCUT2D eigenvalue weighted by atomic mass is 16.7. The number of aliphatic hydroxyl groups excluding tert-OH is 1. The van der Waals surface area contributed by atoms with E-state index < -0.39 is 0 Å². The summed E-state index contributed by atoms with van der Waals surface area (Å²) in [5.41, 5.74) is 1.06. The Bertz CT molecular complexity index is 675. The Hall–Kier alpha value is -1.42. The molecule has 0 radical (unpaired) electrons. The van der Waals surface area contributed by atoms with E-state index in [1.165, 1.54) is 10.8 Å². The van der Waals surface area contributed by atoms with E-state index in [1.54, 1.807) is 0 Å². The Morgan fingerprint density at radius 3 is 2.68 bits per heavy atom. The normalized spacial score (nSPS) is 27.9. The van der Waals surface area contributed by atoms with Crippen LogP contribution in [-0.2, 0) is 9.47 Å². The van der Waals surface area contributed by atoms with Crippen LogP contribution in [0.5, 0.6) is 0 Å². The van der Waals surface area contributed by atoms with Gasteiger partial charge in [0.2, 0.25) is 0 Å². The summed E-state index contributed by atoms with van der Waals surface area (Å²) in [5, 5.41) is 12.1. The second-order valence-corrected chi connectivity index (χ2v) is 6.79. The first-order chi connectivity index (χ1) is 10.6. The van der Waals surface area contributed by atoms with Gasteiger partial charge in [-0.1, -0.05) is 36.4 Å². The van der Waals surface area contributed by atoms with Gasteiger partial charge in [-0.2, -0.15) is 0 Å². The van der Waals surface area contributed by atoms with E-state index in [0.717, 1.165) is 24.8 Å². The average Bonchev–Trinajstić information content (AvgIpc) is 3.24. The lowest BCUT2D eigenvalue weighted by Gasteiger charge is -2.37. The van der Waals surface area contributed by atoms with E-state index in [9.17, 15) is 5.11 Å². The molecule has 2 aromatic carbocycles. The van der Waals surface area contributed by atoms with Crippen LogP contribution in [0.25, 0.3) is 10.8 Å². The van der Waals surface area contributed by atoms with E-state index in [-0.39, 0.29) is 24.1 Å². The van der Waals surface area contributed by atoms with Crippen LogP contribution in [0.3, 0.4) is 0 Å². The first-order valence-corrected chi connectivity index (χ1v) is 8.14. The van der Waals surface area contributed by atoms with Gasteiger partial charge in [-0.05, 0) is 43.0 Å². The van der Waals surface area contributed by atoms with Gasteiger partial charge in [0.05, 0.1) is 17.8 Å². The fraction of sp³-hybridized carbons (Fsp3) is 0.474. The molecule has 3 nitrogen and oxygen atoms in total. The largest absolute Gasteiger partial charge is 0.393 e. The van der Waals surface area contributed by atoms with Crippen molar-refractivity contribution < 1.29 is 14.6 Å². The zero-order chi connectivity index (χ0) is 15.2. The Labute approximate surface area is 130 Å². The average molecular weight is 298 g/mol. The van der Waals surface area contributed by atoms with Gasteiger partial charge in [0.25, 0.3) is 0 Å². The van der Waals surface area contributed by atoms with Crippen molar-refractivity contribution >= 4 is 10.8 Å². The molecule has 1 aliphatic heterocycles. The van der Waals surface area contributed by atoms with E-state index in [4.69, 9.17) is 9.47 Å². The Morgan fingerprint density at radius 2 is 1.95 bits per heavy atom. The summed E-state index contributed by atoms with van der Waals surface area (Å²) in [7, 11) is 0. The zero-order valence-corrected chi connectivity index (χ0v) is 12.9. The minimum atomic E-state index is -0.337. The molecule has 1 aliphatic carbocycles. The van der Waals surface area contributed by atoms with Gasteiger partial charge in [-0.3, -0.25) is 0 Å². The lowest BCUT2D eigenvalue weighted by Crippen LogP contribution is -2.36. The third-order valence-electron chi connectivity index (χ3n) is 4.73. The fourth-order valence-corrected chi connectivity index (χ4v) is 3.42. The number of fused-ring (bicyclic) bond motifs is 1. The van der Waals surface area contributed by atoms with Gasteiger partial charge in [0.15, 0.2) is 6.29 Å². The maximum atomic E-state index is 9.67. The quantitative estimate of drug-likeness (QED) is 0.932. The second-order valence-electron chi connectivity index (χ2n) is 6.79. The molecule has 2 fully saturated rings. The van der Waals surface area contributed by atoms with Gasteiger partial charge in [-0.15, -0.1) is 0 Å². The maximum absolute atomic E-state index is 9.67. The molecule has 3 unspecified atom stereocenters. The summed E-state index contributed by atoms with van der Waals surface area (Å²) < 4.78 is 12.4. The van der Waals surface area contributed by atoms with Crippen molar-refractivity contribution in [2.24, 2.45) is 0 Å². The number of ether oxygens (including phenoxy) is 2. The molecule has 3 heteroatoms. The first kappa shape index (κ1) is 14.2. The molecule has 1 N–H and O–H groups in total. The smallest absolute Gasteiger partial charge is 0.184 e. The van der Waals surface area contributed by atoms with Crippen LogP contribution >= 0.6 is 0 Å². The van der Waals surface area contributed by atoms with Crippen molar-refractivity contribution in [3.63, 3.8) is 0 Å². The predicted molar refractivity (Wildman–Crippen MR) is 85.5 cm³/mol. The van der Waals surface area contributed by atoms with Crippen LogP contribution in [0, 0.1) is 0 Å². The summed E-state index contributed by atoms with van der Waals surface area (Å²) >= 11 is 0. The van der Waals surface area contributed by atoms with Crippen molar-refractivity contribution in [3.05, 3.63) is 48.0 Å². The minimum absolute atomic E-state index is 0.00583. The molecule has 1 saturated heterocycles. The molecule has 116 valence electrons. The van der Waals surface area contributed by atoms with E-state index in [0.29, 0.717) is 6.42 Å². The zero-order valence-electron chi connectivity index (χ0n) is 12.9. The van der Waals surface area contributed by atoms with E-state index in [1.807, 2.05) is 19.1 Å². The Morgan fingerprint density at radius 1 is 1.18 bits per heavy atom. The van der Waals surface area contributed by atoms with Gasteiger partial charge >= 0.3 is 0 Å². The highest BCUT2D eigenvalue weighted by Gasteiger charge is 2.51. The monoisotopic (exact) mass is 298 g/mol. The molecule has 1 heterocycles. The van der Waals surface area contributed by atoms with Crippen LogP contribution < -0.4 is 0 Å². The first-order valence-electron chi connectivity index (χ1n) is 8.14. The maximum Gasteiger partial charge on any atom is 0.184 e. The van der Waals surface area contributed by atoms with Gasteiger partial charge in [0, 0.05) is 12.0 Å². The number of hydrogen-bond acceptors (Lipinski definition) is 3. The topological polar surface area (TPSA) is 38.7 Å². The Balaban J connectivity index is 1.61. The summed E-state index contributed by atoms with van der Waals surface area (Å²) in [4.78, 5) is 0. The van der Waals surface area contributed by atoms with Crippen molar-refractivity contribution in [3.8, 4) is 0 Å². The second kappa shape index (κ2) is 5.34. The molecular weight excluding hydrogens is 276 g/mol. The summed E-state index contributed by atoms with van der Waals surface area (Å²) in [6, 6.07) is 14.7. The summed E-state index contributed by atoms with van der Waals surface area (Å²) in [6.45, 7) is 1.82. The lowest BCUT2D eigenvalue weighted by molar-refractivity contribution is -0.261. The number of hydrogen-bond donors (Lipinski definition) is 1. The summed E-state index contributed by atoms with van der Waals surface area (Å²) in [5.74, 6) is 0. The molecule has 4 rings (SSSR count). The van der Waals surface area contributed by atoms with Crippen molar-refractivity contribution in [2.75, 3.05) is 0 Å². The van der Waals surface area contributed by atoms with Crippen molar-refractivity contribution in [1.29, 1.82) is 0 Å². The highest BCUT2D eigenvalue weighted by molar-refractivity contribution is 5.83. The third kappa shape index (κ3) is 2.76. The molecule has 1 saturated carbocycles. The predicted octanol–water partition coefficient (Wildman–Crippen LogP) is 3.95. The van der Waals surface area contributed by atoms with Gasteiger partial charge in [-0.25, -0.2) is 0 Å². The van der Waals surface area contributed by atoms with Gasteiger partial charge < -0.3 is 14.6 Å². The molecule has 2 aromatic rings. The van der Waals surface area contributed by atoms with E-state index >= 15 is 0 Å². The number of rotatable bonds is 3. The van der Waals surface area contributed by atoms with Crippen LogP contribution in [0.2, 0.25) is 0 Å². The van der Waals surface area contributed by atoms with Crippen LogP contribution in [0.4, 0.5) is 0 Å². The molecule has 0 amide bonds. The van der Waals surface area contributed by atoms with Gasteiger partial charge in [0.1, 0.15) is 0 Å². The molecule has 2 aliphatic rings. The molecule has 3 atom stereocenters. The molecular formula is C19H22O3. The van der Waals surface area contributed by atoms with Crippen LogP contribution in [-0.4, -0.2) is 22.9 Å². The summed E-state index contributed by atoms with van der Waals surface area (Å²) in [6.07, 6.45) is 3.22. The number of benzene rings is 2. The SMILES string of the molecule is CC(O)CC1CC2(CC2)OC(c2ccc3ccccc3c2)O1. The molecule has 22 heavy (non-hydrogen) atoms. The number of aliphatic hydroxyl groups is 1. The molecule has 0 aromatic heterocycles. The lowest BCUT2D eigenvalue weighted by atomic mass is 10.0. The standard InChI is InChI=1S/C19H22O3/c1-13(20)10-17-12-19(8-9-19)22-18(21-17)16-7-6-14-4-2-3-5-15(14)11-16/h2-7,11,13,17-18,20H,8-10,12H2,1H3. The highest BCUT2D eigenvalue weighted by Crippen LogP contribution is 2.51. The third-order valence-corrected chi connectivity index (χ3v) is 4.73. The van der Waals surface area contributed by atoms with Crippen molar-refractivity contribution in [2.45, 2.75) is 56.7 Å². The Kier molecular flexibility index (Phi) is 3.44. The van der Waals surface area contributed by atoms with Crippen LogP contribution in [0.1, 0.15) is 44.5 Å². The fourth-order valence-electron chi connectivity index (χ4n) is 3.42. The molecule has 0 bridgehead atoms. The molecule has 1 spiro atoms. The van der Waals surface area contributed by atoms with Crippen LogP contribution in [0.15, 0.2) is 42.5 Å².